The number of hydrogen-bond acceptors (Lipinski definition) is 3. The van der Waals surface area contributed by atoms with Crippen molar-refractivity contribution in [3.05, 3.63) is 59.5 Å². The number of rotatable bonds is 4. The van der Waals surface area contributed by atoms with E-state index in [0.717, 1.165) is 29.3 Å². The standard InChI is InChI=1S/C21H20FN3O/c1-25(2)19(26)11-14-5-3-6-15-16(13-8-9-13)12-18(24-20(14)15)21-17(22)7-4-10-23-21/h3-7,10,12-13H,8-9,11H2,1-2H3. The van der Waals surface area contributed by atoms with E-state index in [1.54, 1.807) is 31.3 Å². The van der Waals surface area contributed by atoms with Crippen LogP contribution in [0.25, 0.3) is 22.3 Å². The van der Waals surface area contributed by atoms with E-state index in [1.165, 1.54) is 11.6 Å². The summed E-state index contributed by atoms with van der Waals surface area (Å²) in [5.74, 6) is 0.107. The van der Waals surface area contributed by atoms with Gasteiger partial charge in [0.25, 0.3) is 0 Å². The number of amides is 1. The van der Waals surface area contributed by atoms with Crippen molar-refractivity contribution in [2.45, 2.75) is 25.2 Å². The first-order valence-corrected chi connectivity index (χ1v) is 8.78. The summed E-state index contributed by atoms with van der Waals surface area (Å²) in [4.78, 5) is 22.7. The lowest BCUT2D eigenvalue weighted by Gasteiger charge is -2.14. The second-order valence-electron chi connectivity index (χ2n) is 6.98. The summed E-state index contributed by atoms with van der Waals surface area (Å²) in [6, 6.07) is 10.9. The minimum Gasteiger partial charge on any atom is -0.349 e. The Kier molecular flexibility index (Phi) is 4.15. The van der Waals surface area contributed by atoms with Crippen LogP contribution in [-0.4, -0.2) is 34.9 Å². The van der Waals surface area contributed by atoms with E-state index in [4.69, 9.17) is 4.98 Å². The van der Waals surface area contributed by atoms with E-state index >= 15 is 0 Å². The SMILES string of the molecule is CN(C)C(=O)Cc1cccc2c(C3CC3)cc(-c3ncccc3F)nc12. The molecule has 1 aromatic carbocycles. The van der Waals surface area contributed by atoms with Gasteiger partial charge >= 0.3 is 0 Å². The summed E-state index contributed by atoms with van der Waals surface area (Å²) in [5.41, 5.74) is 3.59. The van der Waals surface area contributed by atoms with Gasteiger partial charge in [-0.05, 0) is 48.1 Å². The van der Waals surface area contributed by atoms with Gasteiger partial charge in [-0.2, -0.15) is 0 Å². The first kappa shape index (κ1) is 16.6. The molecule has 26 heavy (non-hydrogen) atoms. The molecule has 0 saturated heterocycles. The van der Waals surface area contributed by atoms with Gasteiger partial charge < -0.3 is 4.90 Å². The molecule has 132 valence electrons. The highest BCUT2D eigenvalue weighted by Gasteiger charge is 2.27. The maximum Gasteiger partial charge on any atom is 0.226 e. The number of para-hydroxylation sites is 1. The monoisotopic (exact) mass is 349 g/mol. The predicted molar refractivity (Wildman–Crippen MR) is 99.3 cm³/mol. The molecule has 0 atom stereocenters. The molecule has 0 aliphatic heterocycles. The van der Waals surface area contributed by atoms with Crippen molar-refractivity contribution in [3.8, 4) is 11.4 Å². The van der Waals surface area contributed by atoms with Crippen LogP contribution >= 0.6 is 0 Å². The topological polar surface area (TPSA) is 46.1 Å². The lowest BCUT2D eigenvalue weighted by Crippen LogP contribution is -2.23. The Bertz CT molecular complexity index is 996. The van der Waals surface area contributed by atoms with Gasteiger partial charge in [-0.1, -0.05) is 18.2 Å². The summed E-state index contributed by atoms with van der Waals surface area (Å²) in [7, 11) is 3.48. The number of hydrogen-bond donors (Lipinski definition) is 0. The van der Waals surface area contributed by atoms with Gasteiger partial charge in [0.1, 0.15) is 5.69 Å². The summed E-state index contributed by atoms with van der Waals surface area (Å²) in [5, 5.41) is 1.05. The molecule has 0 unspecified atom stereocenters. The molecule has 4 nitrogen and oxygen atoms in total. The van der Waals surface area contributed by atoms with Crippen molar-refractivity contribution in [3.63, 3.8) is 0 Å². The highest BCUT2D eigenvalue weighted by atomic mass is 19.1. The molecule has 3 aromatic rings. The number of carbonyl (C=O) groups excluding carboxylic acids is 1. The second kappa shape index (κ2) is 6.48. The third-order valence-corrected chi connectivity index (χ3v) is 4.81. The van der Waals surface area contributed by atoms with Crippen molar-refractivity contribution < 1.29 is 9.18 Å². The number of pyridine rings is 2. The fourth-order valence-electron chi connectivity index (χ4n) is 3.23. The normalized spacial score (nSPS) is 13.8. The quantitative estimate of drug-likeness (QED) is 0.717. The fourth-order valence-corrected chi connectivity index (χ4v) is 3.23. The third kappa shape index (κ3) is 3.05. The molecule has 0 bridgehead atoms. The molecule has 2 aromatic heterocycles. The van der Waals surface area contributed by atoms with Crippen LogP contribution in [0.5, 0.6) is 0 Å². The lowest BCUT2D eigenvalue weighted by atomic mass is 9.98. The number of aromatic nitrogens is 2. The summed E-state index contributed by atoms with van der Waals surface area (Å²) in [6.45, 7) is 0. The van der Waals surface area contributed by atoms with Crippen molar-refractivity contribution in [2.75, 3.05) is 14.1 Å². The lowest BCUT2D eigenvalue weighted by molar-refractivity contribution is -0.127. The van der Waals surface area contributed by atoms with Crippen molar-refractivity contribution in [1.29, 1.82) is 0 Å². The molecule has 1 aliphatic carbocycles. The molecule has 1 fully saturated rings. The zero-order valence-corrected chi connectivity index (χ0v) is 14.9. The van der Waals surface area contributed by atoms with E-state index in [0.29, 0.717) is 11.6 Å². The van der Waals surface area contributed by atoms with Crippen molar-refractivity contribution in [1.82, 2.24) is 14.9 Å². The molecule has 0 N–H and O–H groups in total. The Morgan fingerprint density at radius 2 is 2.04 bits per heavy atom. The van der Waals surface area contributed by atoms with Gasteiger partial charge in [0.05, 0.1) is 17.6 Å². The van der Waals surface area contributed by atoms with E-state index in [9.17, 15) is 9.18 Å². The zero-order valence-electron chi connectivity index (χ0n) is 14.9. The Labute approximate surface area is 151 Å². The summed E-state index contributed by atoms with van der Waals surface area (Å²) < 4.78 is 14.3. The fraction of sp³-hybridized carbons (Fsp3) is 0.286. The number of likely N-dealkylation sites (N-methyl/N-ethyl adjacent to an activating group) is 1. The molecule has 0 spiro atoms. The average Bonchev–Trinajstić information content (AvgIpc) is 3.46. The largest absolute Gasteiger partial charge is 0.349 e. The van der Waals surface area contributed by atoms with Crippen LogP contribution < -0.4 is 0 Å². The predicted octanol–water partition coefficient (Wildman–Crippen LogP) is 3.94. The van der Waals surface area contributed by atoms with Gasteiger partial charge in [-0.3, -0.25) is 9.78 Å². The Morgan fingerprint density at radius 1 is 1.23 bits per heavy atom. The van der Waals surface area contributed by atoms with E-state index < -0.39 is 0 Å². The van der Waals surface area contributed by atoms with E-state index in [1.807, 2.05) is 24.3 Å². The molecular weight excluding hydrogens is 329 g/mol. The van der Waals surface area contributed by atoms with Crippen LogP contribution in [0.15, 0.2) is 42.6 Å². The Balaban J connectivity index is 1.92. The van der Waals surface area contributed by atoms with Gasteiger partial charge in [0, 0.05) is 25.7 Å². The summed E-state index contributed by atoms with van der Waals surface area (Å²) >= 11 is 0. The Morgan fingerprint density at radius 3 is 2.73 bits per heavy atom. The molecule has 1 amide bonds. The number of fused-ring (bicyclic) bond motifs is 1. The van der Waals surface area contributed by atoms with Gasteiger partial charge in [0.15, 0.2) is 5.82 Å². The number of halogens is 1. The smallest absolute Gasteiger partial charge is 0.226 e. The highest BCUT2D eigenvalue weighted by Crippen LogP contribution is 2.44. The maximum absolute atomic E-state index is 14.3. The van der Waals surface area contributed by atoms with Crippen LogP contribution in [-0.2, 0) is 11.2 Å². The molecular formula is C21H20FN3O. The number of nitrogens with zero attached hydrogens (tertiary/aromatic N) is 3. The minimum absolute atomic E-state index is 0.0155. The van der Waals surface area contributed by atoms with Gasteiger partial charge in [0.2, 0.25) is 5.91 Å². The van der Waals surface area contributed by atoms with Gasteiger partial charge in [-0.15, -0.1) is 0 Å². The maximum atomic E-state index is 14.3. The van der Waals surface area contributed by atoms with Crippen molar-refractivity contribution >= 4 is 16.8 Å². The zero-order chi connectivity index (χ0) is 18.3. The van der Waals surface area contributed by atoms with Gasteiger partial charge in [-0.25, -0.2) is 9.37 Å². The first-order chi connectivity index (χ1) is 12.5. The Hall–Kier alpha value is -2.82. The molecule has 5 heteroatoms. The molecule has 1 saturated carbocycles. The van der Waals surface area contributed by atoms with Crippen LogP contribution in [0.3, 0.4) is 0 Å². The third-order valence-electron chi connectivity index (χ3n) is 4.81. The van der Waals surface area contributed by atoms with Crippen molar-refractivity contribution in [2.24, 2.45) is 0 Å². The molecule has 2 heterocycles. The number of benzene rings is 1. The second-order valence-corrected chi connectivity index (χ2v) is 6.98. The van der Waals surface area contributed by atoms with Crippen LogP contribution in [0.1, 0.15) is 29.9 Å². The van der Waals surface area contributed by atoms with E-state index in [2.05, 4.69) is 4.98 Å². The molecule has 0 radical (unpaired) electrons. The molecule has 4 rings (SSSR count). The van der Waals surface area contributed by atoms with Crippen LogP contribution in [0.2, 0.25) is 0 Å². The summed E-state index contributed by atoms with van der Waals surface area (Å²) in [6.07, 6.45) is 4.10. The number of carbonyl (C=O) groups is 1. The minimum atomic E-state index is -0.386. The first-order valence-electron chi connectivity index (χ1n) is 8.78. The molecule has 1 aliphatic rings. The van der Waals surface area contributed by atoms with Crippen LogP contribution in [0, 0.1) is 5.82 Å². The van der Waals surface area contributed by atoms with Crippen LogP contribution in [0.4, 0.5) is 4.39 Å². The van der Waals surface area contributed by atoms with E-state index in [-0.39, 0.29) is 23.8 Å². The highest BCUT2D eigenvalue weighted by molar-refractivity contribution is 5.91. The average molecular weight is 349 g/mol.